The molecule has 3 N–H and O–H groups in total. The van der Waals surface area contributed by atoms with E-state index in [2.05, 4.69) is 35.8 Å². The van der Waals surface area contributed by atoms with Crippen LogP contribution in [0.5, 0.6) is 0 Å². The third-order valence-electron chi connectivity index (χ3n) is 5.20. The molecular weight excluding hydrogens is 409 g/mol. The number of pyridine rings is 1. The Hall–Kier alpha value is -2.77. The number of nitrogens with zero attached hydrogens (tertiary/aromatic N) is 4. The highest BCUT2D eigenvalue weighted by Crippen LogP contribution is 2.44. The summed E-state index contributed by atoms with van der Waals surface area (Å²) in [6.07, 6.45) is 7.41. The lowest BCUT2D eigenvalue weighted by atomic mass is 10.1. The van der Waals surface area contributed by atoms with E-state index in [4.69, 9.17) is 23.2 Å². The van der Waals surface area contributed by atoms with Gasteiger partial charge in [-0.1, -0.05) is 29.3 Å². The van der Waals surface area contributed by atoms with Crippen LogP contribution in [0.15, 0.2) is 49.1 Å². The molecule has 29 heavy (non-hydrogen) atoms. The number of hydrogen-bond donors (Lipinski definition) is 3. The van der Waals surface area contributed by atoms with Crippen LogP contribution in [0.3, 0.4) is 0 Å². The first-order valence-electron chi connectivity index (χ1n) is 9.45. The quantitative estimate of drug-likeness (QED) is 0.563. The second kappa shape index (κ2) is 7.24. The van der Waals surface area contributed by atoms with E-state index >= 15 is 0 Å². The van der Waals surface area contributed by atoms with Crippen LogP contribution in [0.4, 0.5) is 23.0 Å². The van der Waals surface area contributed by atoms with Gasteiger partial charge in [0.1, 0.15) is 18.0 Å². The predicted molar refractivity (Wildman–Crippen MR) is 117 cm³/mol. The highest BCUT2D eigenvalue weighted by atomic mass is 35.5. The van der Waals surface area contributed by atoms with Crippen LogP contribution in [0.2, 0.25) is 10.0 Å². The average Bonchev–Trinajstić information content (AvgIpc) is 3.36. The lowest BCUT2D eigenvalue weighted by Gasteiger charge is -2.34. The molecule has 7 nitrogen and oxygen atoms in total. The topological polar surface area (TPSA) is 78.0 Å². The van der Waals surface area contributed by atoms with Crippen molar-refractivity contribution in [2.45, 2.75) is 18.6 Å². The van der Waals surface area contributed by atoms with Gasteiger partial charge in [-0.15, -0.1) is 0 Å². The second-order valence-electron chi connectivity index (χ2n) is 7.10. The fourth-order valence-corrected chi connectivity index (χ4v) is 4.55. The van der Waals surface area contributed by atoms with E-state index in [0.29, 0.717) is 21.4 Å². The molecule has 2 aromatic heterocycles. The van der Waals surface area contributed by atoms with Gasteiger partial charge in [0, 0.05) is 25.4 Å². The van der Waals surface area contributed by atoms with Crippen LogP contribution in [0, 0.1) is 0 Å². The minimum absolute atomic E-state index is 0.527. The van der Waals surface area contributed by atoms with Gasteiger partial charge in [0.2, 0.25) is 5.79 Å². The molecule has 0 aliphatic carbocycles. The van der Waals surface area contributed by atoms with Crippen molar-refractivity contribution in [2.24, 2.45) is 0 Å². The molecule has 1 unspecified atom stereocenters. The van der Waals surface area contributed by atoms with Crippen molar-refractivity contribution in [1.29, 1.82) is 0 Å². The number of hydrogen-bond acceptors (Lipinski definition) is 7. The molecule has 1 fully saturated rings. The Morgan fingerprint density at radius 2 is 1.76 bits per heavy atom. The van der Waals surface area contributed by atoms with Gasteiger partial charge in [0.25, 0.3) is 0 Å². The van der Waals surface area contributed by atoms with Crippen molar-refractivity contribution < 1.29 is 0 Å². The molecule has 0 radical (unpaired) electrons. The molecule has 9 heteroatoms. The van der Waals surface area contributed by atoms with Gasteiger partial charge in [-0.3, -0.25) is 4.98 Å². The Bertz CT molecular complexity index is 1010. The number of anilines is 4. The van der Waals surface area contributed by atoms with Gasteiger partial charge in [-0.2, -0.15) is 0 Å². The molecule has 0 bridgehead atoms. The monoisotopic (exact) mass is 427 g/mol. The number of nitrogens with one attached hydrogen (secondary N) is 3. The largest absolute Gasteiger partial charge is 0.356 e. The van der Waals surface area contributed by atoms with Crippen LogP contribution in [-0.2, 0) is 5.79 Å². The Kier molecular flexibility index (Phi) is 4.56. The molecule has 1 atom stereocenters. The zero-order valence-corrected chi connectivity index (χ0v) is 17.0. The van der Waals surface area contributed by atoms with E-state index in [1.165, 1.54) is 12.8 Å². The molecule has 1 saturated heterocycles. The first-order valence-corrected chi connectivity index (χ1v) is 10.2. The maximum absolute atomic E-state index is 6.58. The molecule has 1 aromatic carbocycles. The Morgan fingerprint density at radius 1 is 1.00 bits per heavy atom. The normalized spacial score (nSPS) is 20.1. The summed E-state index contributed by atoms with van der Waals surface area (Å²) in [4.78, 5) is 15.3. The fourth-order valence-electron chi connectivity index (χ4n) is 3.87. The van der Waals surface area contributed by atoms with Gasteiger partial charge in [0.15, 0.2) is 0 Å². The molecule has 0 spiro atoms. The number of fused-ring (bicyclic) bond motifs is 1. The lowest BCUT2D eigenvalue weighted by Crippen LogP contribution is -2.47. The van der Waals surface area contributed by atoms with Crippen LogP contribution in [-0.4, -0.2) is 28.0 Å². The van der Waals surface area contributed by atoms with E-state index in [1.54, 1.807) is 18.7 Å². The van der Waals surface area contributed by atoms with Crippen molar-refractivity contribution in [3.8, 4) is 0 Å². The highest BCUT2D eigenvalue weighted by molar-refractivity contribution is 6.36. The summed E-state index contributed by atoms with van der Waals surface area (Å²) >= 11 is 13.2. The average molecular weight is 428 g/mol. The van der Waals surface area contributed by atoms with Gasteiger partial charge in [-0.25, -0.2) is 9.97 Å². The smallest absolute Gasteiger partial charge is 0.216 e. The van der Waals surface area contributed by atoms with E-state index in [0.717, 1.165) is 30.3 Å². The summed E-state index contributed by atoms with van der Waals surface area (Å²) in [6.45, 7) is 2.01. The standard InChI is InChI=1S/C20H19Cl2N7/c21-13-4-3-5-14(22)19(13)20(26-15-6-7-23-11-16(15)27-20)28-17-10-18(25-12-24-17)29-8-1-2-9-29/h3-7,10-12,26-27H,1-2,8-9H2,(H,24,25,28). The molecule has 2 aliphatic heterocycles. The first-order chi connectivity index (χ1) is 14.1. The second-order valence-corrected chi connectivity index (χ2v) is 7.91. The van der Waals surface area contributed by atoms with Crippen molar-refractivity contribution >= 4 is 46.2 Å². The van der Waals surface area contributed by atoms with Crippen molar-refractivity contribution in [1.82, 2.24) is 15.0 Å². The predicted octanol–water partition coefficient (Wildman–Crippen LogP) is 4.54. The third kappa shape index (κ3) is 3.30. The Balaban J connectivity index is 1.57. The van der Waals surface area contributed by atoms with Crippen LogP contribution in [0.1, 0.15) is 18.4 Å². The third-order valence-corrected chi connectivity index (χ3v) is 5.83. The van der Waals surface area contributed by atoms with Gasteiger partial charge in [0.05, 0.1) is 33.2 Å². The van der Waals surface area contributed by atoms with Crippen LogP contribution in [0.25, 0.3) is 0 Å². The number of halogens is 2. The van der Waals surface area contributed by atoms with E-state index in [1.807, 2.05) is 30.3 Å². The van der Waals surface area contributed by atoms with Gasteiger partial charge in [-0.05, 0) is 31.0 Å². The molecule has 0 amide bonds. The molecule has 148 valence electrons. The van der Waals surface area contributed by atoms with Gasteiger partial charge >= 0.3 is 0 Å². The zero-order valence-electron chi connectivity index (χ0n) is 15.5. The fraction of sp³-hybridized carbons (Fsp3) is 0.250. The highest BCUT2D eigenvalue weighted by Gasteiger charge is 2.42. The summed E-state index contributed by atoms with van der Waals surface area (Å²) in [5.74, 6) is 0.563. The van der Waals surface area contributed by atoms with Crippen molar-refractivity contribution in [3.63, 3.8) is 0 Å². The number of aromatic nitrogens is 3. The van der Waals surface area contributed by atoms with E-state index < -0.39 is 5.79 Å². The minimum Gasteiger partial charge on any atom is -0.356 e. The molecule has 4 heterocycles. The summed E-state index contributed by atoms with van der Waals surface area (Å²) in [5.41, 5.74) is 2.41. The molecule has 5 rings (SSSR count). The molecule has 0 saturated carbocycles. The first kappa shape index (κ1) is 18.3. The molecule has 2 aliphatic rings. The van der Waals surface area contributed by atoms with Crippen molar-refractivity contribution in [3.05, 3.63) is 64.7 Å². The zero-order chi connectivity index (χ0) is 19.8. The molecule has 3 aromatic rings. The SMILES string of the molecule is Clc1cccc(Cl)c1C1(Nc2cc(N3CCCC3)ncn2)Nc2ccncc2N1. The van der Waals surface area contributed by atoms with Crippen LogP contribution >= 0.6 is 23.2 Å². The Morgan fingerprint density at radius 3 is 2.52 bits per heavy atom. The van der Waals surface area contributed by atoms with E-state index in [-0.39, 0.29) is 0 Å². The van der Waals surface area contributed by atoms with E-state index in [9.17, 15) is 0 Å². The minimum atomic E-state index is -0.989. The lowest BCUT2D eigenvalue weighted by molar-refractivity contribution is 0.665. The summed E-state index contributed by atoms with van der Waals surface area (Å²) < 4.78 is 0. The summed E-state index contributed by atoms with van der Waals surface area (Å²) in [6, 6.07) is 9.29. The summed E-state index contributed by atoms with van der Waals surface area (Å²) in [5, 5.41) is 11.5. The maximum atomic E-state index is 6.58. The van der Waals surface area contributed by atoms with Gasteiger partial charge < -0.3 is 20.9 Å². The molecular formula is C20H19Cl2N7. The van der Waals surface area contributed by atoms with Crippen molar-refractivity contribution in [2.75, 3.05) is 33.9 Å². The number of rotatable bonds is 4. The van der Waals surface area contributed by atoms with Crippen LogP contribution < -0.4 is 20.9 Å². The maximum Gasteiger partial charge on any atom is 0.216 e. The Labute approximate surface area is 178 Å². The summed E-state index contributed by atoms with van der Waals surface area (Å²) in [7, 11) is 0. The number of benzene rings is 1.